The predicted octanol–water partition coefficient (Wildman–Crippen LogP) is 25.5. The van der Waals surface area contributed by atoms with Gasteiger partial charge in [-0.2, -0.15) is 0 Å². The topological polar surface area (TPSA) is 80.7 Å². The molecular weight excluding hydrogens is 1420 g/mol. The van der Waals surface area contributed by atoms with Crippen molar-refractivity contribution in [2.45, 2.75) is 242 Å². The van der Waals surface area contributed by atoms with Gasteiger partial charge in [0, 0.05) is 165 Å². The molecule has 642 valence electrons. The Hall–Kier alpha value is -9.10. The van der Waals surface area contributed by atoms with Crippen molar-refractivity contribution >= 4 is 51.4 Å². The molecule has 0 spiro atoms. The van der Waals surface area contributed by atoms with Crippen LogP contribution in [0.5, 0.6) is 0 Å². The fourth-order valence-corrected chi connectivity index (χ4v) is 13.3. The van der Waals surface area contributed by atoms with E-state index >= 15 is 0 Å². The van der Waals surface area contributed by atoms with E-state index in [1.807, 2.05) is 38.5 Å². The Kier molecular flexibility index (Phi) is 50.9. The van der Waals surface area contributed by atoms with Gasteiger partial charge in [0.2, 0.25) is 0 Å². The third kappa shape index (κ3) is 35.4. The molecule has 13 heteroatoms. The molecule has 0 unspecified atom stereocenters. The van der Waals surface area contributed by atoms with E-state index < -0.39 is 0 Å². The molecule has 0 amide bonds. The van der Waals surface area contributed by atoms with Crippen LogP contribution >= 0.6 is 0 Å². The summed E-state index contributed by atoms with van der Waals surface area (Å²) in [6.45, 7) is 92.6. The average molecular weight is 1590 g/mol. The molecule has 0 N–H and O–H groups in total. The van der Waals surface area contributed by atoms with Gasteiger partial charge < -0.3 is 44.1 Å². The van der Waals surface area contributed by atoms with E-state index in [0.29, 0.717) is 0 Å². The van der Waals surface area contributed by atoms with Crippen molar-refractivity contribution in [1.29, 1.82) is 0 Å². The number of hydrogen-bond acceptors (Lipinski definition) is 13. The second-order valence-corrected chi connectivity index (χ2v) is 30.5. The van der Waals surface area contributed by atoms with Gasteiger partial charge in [-0.25, -0.2) is 9.97 Å². The van der Waals surface area contributed by atoms with Crippen LogP contribution in [0, 0.1) is 132 Å². The predicted molar refractivity (Wildman–Crippen MR) is 522 cm³/mol. The summed E-state index contributed by atoms with van der Waals surface area (Å²) in [5.74, 6) is 2.04. The highest BCUT2D eigenvalue weighted by Gasteiger charge is 2.12. The normalized spacial score (nSPS) is 10.1. The fourth-order valence-electron chi connectivity index (χ4n) is 13.3. The molecular formula is C103H165N13. The number of aromatic nitrogens is 4. The summed E-state index contributed by atoms with van der Waals surface area (Å²) in [5.41, 5.74) is 34.8. The van der Waals surface area contributed by atoms with Crippen LogP contribution < -0.4 is 44.1 Å². The number of anilines is 9. The van der Waals surface area contributed by atoms with Crippen molar-refractivity contribution in [2.24, 2.45) is 0 Å². The standard InChI is InChI=1S/4C13H21N.C12H19N.2C10H16N2.C10H15N.C9H15N3/c2*1-6-14(7-2)13-8-10(3)12(5)11(4)9-13;2*1-6-14(7-2)13-9-11(4)10(3)8-12(13)5;1-5-13(6-2)12-8-7-10(3)11(4)9-12;1-4-12(5-2)10-7-6-9(3)11-8-10;1-4-12(5-2)10-7-6-9(3)8-11-10;1-8-5-6-10(11(3)4)7-9(8)2;1-4-12(5-2)9-7-10-8(3)6-11-9/h4*8-9H,6-7H2,1-5H3;7-9H,5-6H2,1-4H3;2*6-8H,4-5H2,1-3H3;5-7H,1-4H3;6-7H,4-5H2,1-3H3. The van der Waals surface area contributed by atoms with Gasteiger partial charge in [0.1, 0.15) is 11.6 Å². The quantitative estimate of drug-likeness (QED) is 0.0545. The van der Waals surface area contributed by atoms with E-state index in [-0.39, 0.29) is 0 Å². The van der Waals surface area contributed by atoms with Gasteiger partial charge in [0.15, 0.2) is 0 Å². The van der Waals surface area contributed by atoms with Gasteiger partial charge in [-0.1, -0.05) is 30.3 Å². The largest absolute Gasteiger partial charge is 0.378 e. The lowest BCUT2D eigenvalue weighted by atomic mass is 10.0. The molecule has 3 aromatic heterocycles. The van der Waals surface area contributed by atoms with Crippen LogP contribution in [-0.4, -0.2) is 139 Å². The molecule has 9 aromatic rings. The Morgan fingerprint density at radius 2 is 0.491 bits per heavy atom. The van der Waals surface area contributed by atoms with Gasteiger partial charge in [0.25, 0.3) is 0 Å². The number of aryl methyl sites for hydroxylation is 17. The average Bonchev–Trinajstić information content (AvgIpc) is 0.849. The molecule has 0 radical (unpaired) electrons. The van der Waals surface area contributed by atoms with Crippen LogP contribution in [0.15, 0.2) is 134 Å². The first-order chi connectivity index (χ1) is 55.0. The highest BCUT2D eigenvalue weighted by Crippen LogP contribution is 2.28. The maximum absolute atomic E-state index is 4.35. The molecule has 0 bridgehead atoms. The molecule has 6 aromatic carbocycles. The molecule has 0 saturated carbocycles. The van der Waals surface area contributed by atoms with E-state index in [1.54, 1.807) is 6.20 Å². The van der Waals surface area contributed by atoms with Crippen LogP contribution in [0.25, 0.3) is 0 Å². The number of benzene rings is 6. The highest BCUT2D eigenvalue weighted by molar-refractivity contribution is 5.59. The third-order valence-corrected chi connectivity index (χ3v) is 22.4. The minimum absolute atomic E-state index is 0.964. The lowest BCUT2D eigenvalue weighted by Crippen LogP contribution is -2.23. The number of nitrogens with zero attached hydrogens (tertiary/aromatic N) is 13. The van der Waals surface area contributed by atoms with E-state index in [4.69, 9.17) is 0 Å². The van der Waals surface area contributed by atoms with Crippen molar-refractivity contribution in [3.63, 3.8) is 0 Å². The minimum atomic E-state index is 0.964. The van der Waals surface area contributed by atoms with Crippen LogP contribution in [0.1, 0.15) is 217 Å². The Morgan fingerprint density at radius 1 is 0.198 bits per heavy atom. The smallest absolute Gasteiger partial charge is 0.147 e. The monoisotopic (exact) mass is 1580 g/mol. The molecule has 9 rings (SSSR count). The van der Waals surface area contributed by atoms with Gasteiger partial charge in [-0.05, 0) is 416 Å². The van der Waals surface area contributed by atoms with Crippen molar-refractivity contribution in [1.82, 2.24) is 19.9 Å². The Morgan fingerprint density at radius 3 is 0.802 bits per heavy atom. The number of pyridine rings is 2. The van der Waals surface area contributed by atoms with Crippen molar-refractivity contribution in [2.75, 3.05) is 163 Å². The molecule has 0 fully saturated rings. The fraction of sp³-hybridized carbons (Fsp3) is 0.515. The van der Waals surface area contributed by atoms with Gasteiger partial charge in [-0.15, -0.1) is 0 Å². The summed E-state index contributed by atoms with van der Waals surface area (Å²) in [4.78, 5) is 37.8. The van der Waals surface area contributed by atoms with Crippen LogP contribution in [0.3, 0.4) is 0 Å². The zero-order valence-corrected chi connectivity index (χ0v) is 80.8. The molecule has 0 aliphatic carbocycles. The molecule has 0 atom stereocenters. The second kappa shape index (κ2) is 56.3. The van der Waals surface area contributed by atoms with Gasteiger partial charge in [-0.3, -0.25) is 9.97 Å². The second-order valence-electron chi connectivity index (χ2n) is 30.5. The summed E-state index contributed by atoms with van der Waals surface area (Å²) in [7, 11) is 4.12. The molecule has 0 saturated heterocycles. The van der Waals surface area contributed by atoms with Gasteiger partial charge >= 0.3 is 0 Å². The minimum Gasteiger partial charge on any atom is -0.378 e. The summed E-state index contributed by atoms with van der Waals surface area (Å²) < 4.78 is 0. The molecule has 13 nitrogen and oxygen atoms in total. The zero-order chi connectivity index (χ0) is 88.1. The molecule has 116 heavy (non-hydrogen) atoms. The SMILES string of the molecule is CCN(CC)c1cc(C)c(C)c(C)c1.CCN(CC)c1cc(C)c(C)c(C)c1.CCN(CC)c1cc(C)c(C)cc1C.CCN(CC)c1cc(C)c(C)cc1C.CCN(CC)c1ccc(C)c(C)c1.CCN(CC)c1ccc(C)cn1.CCN(CC)c1ccc(C)nc1.CCN(CC)c1cnc(C)cn1.Cc1ccc(N(C)C)cc1C. The summed E-state index contributed by atoms with van der Waals surface area (Å²) >= 11 is 0. The molecule has 0 aliphatic heterocycles. The van der Waals surface area contributed by atoms with E-state index in [0.717, 1.165) is 128 Å². The van der Waals surface area contributed by atoms with Crippen molar-refractivity contribution < 1.29 is 0 Å². The number of hydrogen-bond donors (Lipinski definition) is 0. The first-order valence-electron chi connectivity index (χ1n) is 43.8. The lowest BCUT2D eigenvalue weighted by Gasteiger charge is -2.24. The zero-order valence-electron chi connectivity index (χ0n) is 80.8. The van der Waals surface area contributed by atoms with Crippen LogP contribution in [-0.2, 0) is 0 Å². The summed E-state index contributed by atoms with van der Waals surface area (Å²) in [6, 6.07) is 39.8. The third-order valence-electron chi connectivity index (χ3n) is 22.4. The Bertz CT molecular complexity index is 3840. The Labute approximate surface area is 712 Å². The van der Waals surface area contributed by atoms with Crippen LogP contribution in [0.2, 0.25) is 0 Å². The van der Waals surface area contributed by atoms with E-state index in [9.17, 15) is 0 Å². The highest BCUT2D eigenvalue weighted by atomic mass is 15.2. The van der Waals surface area contributed by atoms with E-state index in [2.05, 4.69) is 410 Å². The maximum atomic E-state index is 4.35. The van der Waals surface area contributed by atoms with Crippen molar-refractivity contribution in [3.05, 3.63) is 240 Å². The molecule has 3 heterocycles. The van der Waals surface area contributed by atoms with E-state index in [1.165, 1.54) is 134 Å². The van der Waals surface area contributed by atoms with Crippen LogP contribution in [0.4, 0.5) is 51.4 Å². The number of rotatable bonds is 25. The van der Waals surface area contributed by atoms with Gasteiger partial charge in [0.05, 0.1) is 30.0 Å². The van der Waals surface area contributed by atoms with Crippen molar-refractivity contribution in [3.8, 4) is 0 Å². The lowest BCUT2D eigenvalue weighted by molar-refractivity contribution is 0.837. The maximum Gasteiger partial charge on any atom is 0.147 e. The summed E-state index contributed by atoms with van der Waals surface area (Å²) in [6.07, 6.45) is 7.46. The first-order valence-corrected chi connectivity index (χ1v) is 43.8. The molecule has 0 aliphatic rings. The first kappa shape index (κ1) is 105. The Balaban J connectivity index is 0.000000653. The summed E-state index contributed by atoms with van der Waals surface area (Å²) in [5, 5.41) is 0.